The summed E-state index contributed by atoms with van der Waals surface area (Å²) in [6.45, 7) is 5.75. The minimum absolute atomic E-state index is 0.0552. The van der Waals surface area contributed by atoms with Crippen LogP contribution in [0.15, 0.2) is 36.4 Å². The number of benzene rings is 2. The number of methoxy groups -OCH3 is 1. The van der Waals surface area contributed by atoms with Crippen molar-refractivity contribution in [3.63, 3.8) is 0 Å². The van der Waals surface area contributed by atoms with Crippen molar-refractivity contribution in [1.82, 2.24) is 5.32 Å². The number of rotatable bonds is 12. The molecular formula is C23H30BrNO4. The number of halogens is 1. The molecule has 29 heavy (non-hydrogen) atoms. The fourth-order valence-corrected chi connectivity index (χ4v) is 3.22. The van der Waals surface area contributed by atoms with Crippen LogP contribution in [0.5, 0.6) is 17.2 Å². The summed E-state index contributed by atoms with van der Waals surface area (Å²) in [4.78, 5) is 12.2. The highest BCUT2D eigenvalue weighted by atomic mass is 79.9. The Morgan fingerprint density at radius 3 is 2.45 bits per heavy atom. The zero-order valence-electron chi connectivity index (χ0n) is 17.4. The Hall–Kier alpha value is -2.21. The summed E-state index contributed by atoms with van der Waals surface area (Å²) in [6, 6.07) is 11.7. The minimum Gasteiger partial charge on any atom is -0.493 e. The second-order valence-corrected chi connectivity index (χ2v) is 7.33. The second-order valence-electron chi connectivity index (χ2n) is 6.54. The molecule has 0 heterocycles. The normalized spacial score (nSPS) is 10.5. The Labute approximate surface area is 181 Å². The van der Waals surface area contributed by atoms with Crippen LogP contribution in [0.2, 0.25) is 0 Å². The fourth-order valence-electron chi connectivity index (χ4n) is 3.06. The lowest BCUT2D eigenvalue weighted by atomic mass is 10.0. The maximum atomic E-state index is 12.2. The van der Waals surface area contributed by atoms with Gasteiger partial charge in [0.25, 0.3) is 0 Å². The molecule has 0 aliphatic carbocycles. The molecule has 0 saturated heterocycles. The van der Waals surface area contributed by atoms with Crippen molar-refractivity contribution in [2.45, 2.75) is 33.1 Å². The molecule has 0 aliphatic heterocycles. The summed E-state index contributed by atoms with van der Waals surface area (Å²) in [7, 11) is 1.59. The van der Waals surface area contributed by atoms with Gasteiger partial charge in [0, 0.05) is 5.33 Å². The Morgan fingerprint density at radius 2 is 1.76 bits per heavy atom. The summed E-state index contributed by atoms with van der Waals surface area (Å²) in [5, 5.41) is 3.64. The predicted octanol–water partition coefficient (Wildman–Crippen LogP) is 4.33. The van der Waals surface area contributed by atoms with Crippen molar-refractivity contribution >= 4 is 21.8 Å². The highest BCUT2D eigenvalue weighted by Gasteiger charge is 2.09. The smallest absolute Gasteiger partial charge is 0.224 e. The molecule has 0 bridgehead atoms. The second kappa shape index (κ2) is 12.4. The zero-order chi connectivity index (χ0) is 21.1. The van der Waals surface area contributed by atoms with E-state index in [1.807, 2.05) is 24.3 Å². The summed E-state index contributed by atoms with van der Waals surface area (Å²) < 4.78 is 16.7. The maximum Gasteiger partial charge on any atom is 0.224 e. The van der Waals surface area contributed by atoms with Gasteiger partial charge in [-0.05, 0) is 53.8 Å². The van der Waals surface area contributed by atoms with Gasteiger partial charge in [0.05, 0.1) is 26.7 Å². The van der Waals surface area contributed by atoms with Crippen molar-refractivity contribution in [1.29, 1.82) is 0 Å². The molecule has 0 fully saturated rings. The van der Waals surface area contributed by atoms with Gasteiger partial charge in [0.2, 0.25) is 5.91 Å². The molecule has 0 atom stereocenters. The monoisotopic (exact) mass is 463 g/mol. The number of hydrogen-bond acceptors (Lipinski definition) is 4. The van der Waals surface area contributed by atoms with Crippen LogP contribution in [0.3, 0.4) is 0 Å². The number of carbonyl (C=O) groups excluding carboxylic acids is 1. The first-order chi connectivity index (χ1) is 14.1. The van der Waals surface area contributed by atoms with Gasteiger partial charge in [-0.3, -0.25) is 4.79 Å². The van der Waals surface area contributed by atoms with E-state index in [-0.39, 0.29) is 12.3 Å². The SMILES string of the molecule is CCc1ccc(OCCNC(=O)Cc2ccc(OCCBr)c(OC)c2)cc1CC. The molecule has 0 aliphatic rings. The van der Waals surface area contributed by atoms with Crippen LogP contribution in [0.25, 0.3) is 0 Å². The molecule has 0 spiro atoms. The van der Waals surface area contributed by atoms with Crippen molar-refractivity contribution in [2.24, 2.45) is 0 Å². The van der Waals surface area contributed by atoms with E-state index in [1.165, 1.54) is 11.1 Å². The van der Waals surface area contributed by atoms with E-state index in [1.54, 1.807) is 7.11 Å². The van der Waals surface area contributed by atoms with Crippen LogP contribution in [-0.2, 0) is 24.1 Å². The fraction of sp³-hybridized carbons (Fsp3) is 0.435. The molecule has 2 aromatic carbocycles. The van der Waals surface area contributed by atoms with Gasteiger partial charge in [-0.15, -0.1) is 0 Å². The van der Waals surface area contributed by atoms with E-state index in [2.05, 4.69) is 47.2 Å². The van der Waals surface area contributed by atoms with Crippen LogP contribution in [0.4, 0.5) is 0 Å². The number of alkyl halides is 1. The lowest BCUT2D eigenvalue weighted by molar-refractivity contribution is -0.120. The summed E-state index contributed by atoms with van der Waals surface area (Å²) in [6.07, 6.45) is 2.29. The minimum atomic E-state index is -0.0552. The standard InChI is InChI=1S/C23H30BrNO4/c1-4-18-7-8-20(16-19(18)5-2)28-13-11-25-23(26)15-17-6-9-21(29-12-10-24)22(14-17)27-3/h6-9,14,16H,4-5,10-13,15H2,1-3H3,(H,25,26). The van der Waals surface area contributed by atoms with E-state index in [9.17, 15) is 4.79 Å². The molecular weight excluding hydrogens is 434 g/mol. The lowest BCUT2D eigenvalue weighted by Gasteiger charge is -2.12. The van der Waals surface area contributed by atoms with Crippen LogP contribution in [0, 0.1) is 0 Å². The molecule has 0 saturated carbocycles. The molecule has 1 amide bonds. The van der Waals surface area contributed by atoms with Crippen molar-refractivity contribution in [3.05, 3.63) is 53.1 Å². The summed E-state index contributed by atoms with van der Waals surface area (Å²) in [5.74, 6) is 2.09. The van der Waals surface area contributed by atoms with Crippen molar-refractivity contribution < 1.29 is 19.0 Å². The third-order valence-electron chi connectivity index (χ3n) is 4.56. The van der Waals surface area contributed by atoms with Crippen LogP contribution in [-0.4, -0.2) is 38.1 Å². The third-order valence-corrected chi connectivity index (χ3v) is 4.88. The predicted molar refractivity (Wildman–Crippen MR) is 120 cm³/mol. The van der Waals surface area contributed by atoms with Crippen LogP contribution in [0.1, 0.15) is 30.5 Å². The quantitative estimate of drug-likeness (QED) is 0.375. The summed E-state index contributed by atoms with van der Waals surface area (Å²) >= 11 is 3.33. The Morgan fingerprint density at radius 1 is 0.966 bits per heavy atom. The van der Waals surface area contributed by atoms with Gasteiger partial charge in [-0.1, -0.05) is 41.9 Å². The molecule has 158 valence electrons. The van der Waals surface area contributed by atoms with Gasteiger partial charge < -0.3 is 19.5 Å². The molecule has 2 rings (SSSR count). The molecule has 0 aromatic heterocycles. The van der Waals surface area contributed by atoms with E-state index in [0.717, 1.165) is 29.5 Å². The van der Waals surface area contributed by atoms with Crippen molar-refractivity contribution in [3.8, 4) is 17.2 Å². The number of hydrogen-bond donors (Lipinski definition) is 1. The van der Waals surface area contributed by atoms with E-state index < -0.39 is 0 Å². The zero-order valence-corrected chi connectivity index (χ0v) is 19.0. The molecule has 6 heteroatoms. The van der Waals surface area contributed by atoms with E-state index in [4.69, 9.17) is 14.2 Å². The molecule has 0 radical (unpaired) electrons. The first-order valence-corrected chi connectivity index (χ1v) is 11.1. The Balaban J connectivity index is 1.80. The number of aryl methyl sites for hydroxylation is 2. The van der Waals surface area contributed by atoms with Gasteiger partial charge in [0.1, 0.15) is 12.4 Å². The van der Waals surface area contributed by atoms with Gasteiger partial charge in [0.15, 0.2) is 11.5 Å². The number of carbonyl (C=O) groups is 1. The highest BCUT2D eigenvalue weighted by Crippen LogP contribution is 2.28. The van der Waals surface area contributed by atoms with E-state index >= 15 is 0 Å². The summed E-state index contributed by atoms with van der Waals surface area (Å²) in [5.41, 5.74) is 3.54. The highest BCUT2D eigenvalue weighted by molar-refractivity contribution is 9.09. The van der Waals surface area contributed by atoms with Gasteiger partial charge in [-0.25, -0.2) is 0 Å². The lowest BCUT2D eigenvalue weighted by Crippen LogP contribution is -2.29. The molecule has 1 N–H and O–H groups in total. The van der Waals surface area contributed by atoms with E-state index in [0.29, 0.717) is 31.3 Å². The van der Waals surface area contributed by atoms with Gasteiger partial charge in [-0.2, -0.15) is 0 Å². The van der Waals surface area contributed by atoms with Crippen LogP contribution < -0.4 is 19.5 Å². The number of ether oxygens (including phenoxy) is 3. The largest absolute Gasteiger partial charge is 0.493 e. The Bertz CT molecular complexity index is 794. The number of nitrogens with one attached hydrogen (secondary N) is 1. The van der Waals surface area contributed by atoms with Gasteiger partial charge >= 0.3 is 0 Å². The molecule has 5 nitrogen and oxygen atoms in total. The average Bonchev–Trinajstić information content (AvgIpc) is 2.75. The molecule has 2 aromatic rings. The number of amides is 1. The first-order valence-electron chi connectivity index (χ1n) is 9.98. The Kier molecular flexibility index (Phi) is 9.84. The van der Waals surface area contributed by atoms with Crippen molar-refractivity contribution in [2.75, 3.05) is 32.2 Å². The topological polar surface area (TPSA) is 56.8 Å². The first kappa shape index (κ1) is 23.1. The molecule has 0 unspecified atom stereocenters. The third kappa shape index (κ3) is 7.28. The van der Waals surface area contributed by atoms with Crippen LogP contribution >= 0.6 is 15.9 Å². The maximum absolute atomic E-state index is 12.2. The average molecular weight is 464 g/mol.